The van der Waals surface area contributed by atoms with Crippen LogP contribution in [0.25, 0.3) is 0 Å². The average molecular weight is 502 g/mol. The van der Waals surface area contributed by atoms with E-state index < -0.39 is 6.04 Å². The molecule has 0 bridgehead atoms. The zero-order chi connectivity index (χ0) is 26.0. The molecule has 2 aromatic carbocycles. The van der Waals surface area contributed by atoms with E-state index in [1.807, 2.05) is 60.5 Å². The number of likely N-dealkylation sites (tertiary alicyclic amines) is 1. The van der Waals surface area contributed by atoms with Crippen molar-refractivity contribution in [2.24, 2.45) is 4.99 Å². The van der Waals surface area contributed by atoms with E-state index in [4.69, 9.17) is 0 Å². The molecule has 4 rings (SSSR count). The van der Waals surface area contributed by atoms with Gasteiger partial charge in [0, 0.05) is 45.0 Å². The average Bonchev–Trinajstić information content (AvgIpc) is 3.06. The van der Waals surface area contributed by atoms with Crippen molar-refractivity contribution in [2.45, 2.75) is 38.8 Å². The number of aliphatic imine (C=N–C) groups is 1. The number of anilines is 1. The van der Waals surface area contributed by atoms with Crippen molar-refractivity contribution in [3.63, 3.8) is 0 Å². The number of amides is 2. The maximum absolute atomic E-state index is 13.4. The summed E-state index contributed by atoms with van der Waals surface area (Å²) >= 11 is 0. The second kappa shape index (κ2) is 12.9. The Morgan fingerprint density at radius 1 is 1.05 bits per heavy atom. The van der Waals surface area contributed by atoms with E-state index in [0.717, 1.165) is 43.7 Å². The largest absolute Gasteiger partial charge is 0.339 e. The molecule has 0 radical (unpaired) electrons. The summed E-state index contributed by atoms with van der Waals surface area (Å²) in [5.41, 5.74) is 3.12. The van der Waals surface area contributed by atoms with Crippen LogP contribution in [0.5, 0.6) is 0 Å². The molecule has 2 aromatic rings. The van der Waals surface area contributed by atoms with Gasteiger partial charge in [0.1, 0.15) is 6.04 Å². The molecule has 2 aliphatic rings. The maximum atomic E-state index is 13.4. The number of aryl methyl sites for hydroxylation is 1. The normalized spacial score (nSPS) is 19.2. The molecule has 0 saturated carbocycles. The van der Waals surface area contributed by atoms with Crippen molar-refractivity contribution >= 4 is 23.5 Å². The fourth-order valence-corrected chi connectivity index (χ4v) is 4.79. The number of nitriles is 1. The first-order chi connectivity index (χ1) is 18.0. The van der Waals surface area contributed by atoms with Gasteiger partial charge in [-0.25, -0.2) is 4.99 Å². The molecular formula is C28H35N7O2. The van der Waals surface area contributed by atoms with Crippen molar-refractivity contribution in [1.29, 1.82) is 5.26 Å². The lowest BCUT2D eigenvalue weighted by Crippen LogP contribution is -2.52. The summed E-state index contributed by atoms with van der Waals surface area (Å²) in [4.78, 5) is 36.9. The first-order valence-electron chi connectivity index (χ1n) is 12.9. The molecule has 194 valence electrons. The molecule has 0 aliphatic carbocycles. The number of hydrogen-bond donors (Lipinski definition) is 2. The van der Waals surface area contributed by atoms with Gasteiger partial charge in [-0.2, -0.15) is 5.26 Å². The molecule has 9 heteroatoms. The molecule has 9 nitrogen and oxygen atoms in total. The minimum absolute atomic E-state index is 0.0226. The van der Waals surface area contributed by atoms with Crippen molar-refractivity contribution in [1.82, 2.24) is 20.0 Å². The molecule has 37 heavy (non-hydrogen) atoms. The molecule has 2 fully saturated rings. The summed E-state index contributed by atoms with van der Waals surface area (Å²) in [6, 6.07) is 17.4. The molecule has 1 atom stereocenters. The molecule has 2 amide bonds. The molecule has 0 aromatic heterocycles. The van der Waals surface area contributed by atoms with E-state index in [9.17, 15) is 14.9 Å². The van der Waals surface area contributed by atoms with Gasteiger partial charge >= 0.3 is 0 Å². The molecule has 2 aliphatic heterocycles. The number of nitrogens with zero attached hydrogens (tertiary/aromatic N) is 5. The summed E-state index contributed by atoms with van der Waals surface area (Å²) in [5, 5.41) is 14.9. The van der Waals surface area contributed by atoms with Gasteiger partial charge in [-0.1, -0.05) is 42.5 Å². The minimum atomic E-state index is -0.647. The Hall–Kier alpha value is -3.90. The topological polar surface area (TPSA) is 104 Å². The zero-order valence-corrected chi connectivity index (χ0v) is 21.4. The van der Waals surface area contributed by atoms with Gasteiger partial charge in [0.25, 0.3) is 0 Å². The van der Waals surface area contributed by atoms with E-state index in [1.165, 1.54) is 5.56 Å². The molecule has 0 unspecified atom stereocenters. The van der Waals surface area contributed by atoms with Crippen molar-refractivity contribution < 1.29 is 9.59 Å². The highest BCUT2D eigenvalue weighted by molar-refractivity contribution is 5.97. The Balaban J connectivity index is 1.35. The van der Waals surface area contributed by atoms with E-state index in [1.54, 1.807) is 4.90 Å². The molecule has 2 N–H and O–H groups in total. The highest BCUT2D eigenvalue weighted by Crippen LogP contribution is 2.17. The number of guanidine groups is 1. The number of carbonyl (C=O) groups excluding carboxylic acids is 2. The number of benzene rings is 2. The number of rotatable bonds is 6. The second-order valence-corrected chi connectivity index (χ2v) is 9.62. The van der Waals surface area contributed by atoms with Crippen LogP contribution in [0, 0.1) is 18.4 Å². The highest BCUT2D eigenvalue weighted by atomic mass is 16.2. The van der Waals surface area contributed by atoms with E-state index in [0.29, 0.717) is 26.1 Å². The maximum Gasteiger partial charge on any atom is 0.247 e. The molecule has 0 spiro atoms. The van der Waals surface area contributed by atoms with E-state index in [-0.39, 0.29) is 24.3 Å². The van der Waals surface area contributed by atoms with Crippen molar-refractivity contribution in [2.75, 3.05) is 44.6 Å². The predicted molar refractivity (Wildman–Crippen MR) is 144 cm³/mol. The third kappa shape index (κ3) is 7.54. The van der Waals surface area contributed by atoms with Crippen molar-refractivity contribution in [3.8, 4) is 6.19 Å². The van der Waals surface area contributed by atoms with Crippen LogP contribution < -0.4 is 10.6 Å². The van der Waals surface area contributed by atoms with Gasteiger partial charge in [0.05, 0.1) is 6.54 Å². The smallest absolute Gasteiger partial charge is 0.247 e. The van der Waals surface area contributed by atoms with Crippen LogP contribution >= 0.6 is 0 Å². The summed E-state index contributed by atoms with van der Waals surface area (Å²) in [6.07, 6.45) is 4.12. The van der Waals surface area contributed by atoms with Crippen LogP contribution in [0.2, 0.25) is 0 Å². The lowest BCUT2D eigenvalue weighted by Gasteiger charge is -2.36. The standard InChI is InChI=1S/C28H35N7O2/c1-22-8-7-11-24(18-22)31-28(30-21-29)32-25-12-5-6-13-35(27(25)37)20-26(36)34-16-14-33(15-17-34)19-23-9-3-2-4-10-23/h2-4,7-11,18,25H,5-6,12-17,19-20H2,1H3,(H2,30,31,32)/t25-/m0/s1. The first-order valence-corrected chi connectivity index (χ1v) is 12.9. The minimum Gasteiger partial charge on any atom is -0.339 e. The van der Waals surface area contributed by atoms with Gasteiger partial charge in [-0.3, -0.25) is 19.8 Å². The highest BCUT2D eigenvalue weighted by Gasteiger charge is 2.30. The van der Waals surface area contributed by atoms with Gasteiger partial charge < -0.3 is 15.1 Å². The van der Waals surface area contributed by atoms with Crippen LogP contribution in [-0.2, 0) is 16.1 Å². The van der Waals surface area contributed by atoms with E-state index >= 15 is 0 Å². The van der Waals surface area contributed by atoms with Gasteiger partial charge in [-0.05, 0) is 49.4 Å². The van der Waals surface area contributed by atoms with Crippen LogP contribution in [-0.4, -0.2) is 77.8 Å². The quantitative estimate of drug-likeness (QED) is 0.273. The monoisotopic (exact) mass is 501 g/mol. The second-order valence-electron chi connectivity index (χ2n) is 9.62. The molecular weight excluding hydrogens is 466 g/mol. The molecule has 2 saturated heterocycles. The van der Waals surface area contributed by atoms with Crippen LogP contribution in [0.4, 0.5) is 5.69 Å². The summed E-state index contributed by atoms with van der Waals surface area (Å²) in [5.74, 6) is 0.0385. The Labute approximate surface area is 218 Å². The van der Waals surface area contributed by atoms with Gasteiger partial charge in [-0.15, -0.1) is 0 Å². The Kier molecular flexibility index (Phi) is 9.11. The van der Waals surface area contributed by atoms with Crippen LogP contribution in [0.15, 0.2) is 59.6 Å². The van der Waals surface area contributed by atoms with Crippen LogP contribution in [0.1, 0.15) is 30.4 Å². The fraction of sp³-hybridized carbons (Fsp3) is 0.429. The lowest BCUT2D eigenvalue weighted by molar-refractivity contribution is -0.141. The molecule has 2 heterocycles. The van der Waals surface area contributed by atoms with Gasteiger partial charge in [0.2, 0.25) is 17.8 Å². The Morgan fingerprint density at radius 2 is 1.84 bits per heavy atom. The van der Waals surface area contributed by atoms with Gasteiger partial charge in [0.15, 0.2) is 6.19 Å². The fourth-order valence-electron chi connectivity index (χ4n) is 4.79. The summed E-state index contributed by atoms with van der Waals surface area (Å²) in [7, 11) is 0. The first kappa shape index (κ1) is 26.2. The van der Waals surface area contributed by atoms with Crippen molar-refractivity contribution in [3.05, 3.63) is 65.7 Å². The van der Waals surface area contributed by atoms with E-state index in [2.05, 4.69) is 32.7 Å². The Bertz CT molecular complexity index is 1140. The third-order valence-electron chi connectivity index (χ3n) is 6.79. The summed E-state index contributed by atoms with van der Waals surface area (Å²) < 4.78 is 0. The predicted octanol–water partition coefficient (Wildman–Crippen LogP) is 2.56. The number of carbonyl (C=O) groups is 2. The van der Waals surface area contributed by atoms with Crippen LogP contribution in [0.3, 0.4) is 0 Å². The zero-order valence-electron chi connectivity index (χ0n) is 21.4. The third-order valence-corrected chi connectivity index (χ3v) is 6.79. The summed E-state index contributed by atoms with van der Waals surface area (Å²) in [6.45, 7) is 6.41. The SMILES string of the molecule is Cc1cccc(NC(=N[C@H]2CCCCN(CC(=O)N3CCN(Cc4ccccc4)CC3)C2=O)NC#N)c1. The number of piperazine rings is 1. The lowest BCUT2D eigenvalue weighted by atomic mass is 10.1. The Morgan fingerprint density at radius 3 is 2.57 bits per heavy atom. The number of nitrogens with one attached hydrogen (secondary N) is 2. The number of hydrogen-bond acceptors (Lipinski definition) is 5.